The van der Waals surface area contributed by atoms with Gasteiger partial charge >= 0.3 is 5.97 Å². The van der Waals surface area contributed by atoms with Gasteiger partial charge in [0, 0.05) is 5.88 Å². The minimum absolute atomic E-state index is 0.249. The zero-order valence-corrected chi connectivity index (χ0v) is 17.8. The van der Waals surface area contributed by atoms with E-state index in [1.54, 1.807) is 0 Å². The van der Waals surface area contributed by atoms with Crippen LogP contribution in [0.25, 0.3) is 0 Å². The van der Waals surface area contributed by atoms with Crippen molar-refractivity contribution >= 4 is 17.6 Å². The highest BCUT2D eigenvalue weighted by atomic mass is 35.5. The van der Waals surface area contributed by atoms with Crippen LogP contribution >= 0.6 is 11.6 Å². The molecule has 0 saturated carbocycles. The zero-order valence-electron chi connectivity index (χ0n) is 17.0. The third kappa shape index (κ3) is 27.4. The molecule has 0 unspecified atom stereocenters. The second kappa shape index (κ2) is 25.5. The van der Waals surface area contributed by atoms with Crippen LogP contribution in [0.5, 0.6) is 0 Å². The molecule has 0 aliphatic rings. The van der Waals surface area contributed by atoms with E-state index in [9.17, 15) is 4.79 Å². The fraction of sp³-hybridized carbons (Fsp3) is 0.944. The summed E-state index contributed by atoms with van der Waals surface area (Å²) in [4.78, 5) is 10.2. The molecule has 0 aromatic rings. The maximum atomic E-state index is 10.2. The molecule has 0 spiro atoms. The molecule has 1 N–H and O–H groups in total. The largest absolute Gasteiger partial charge is 0.480 e. The molecular weight excluding hydrogens is 412 g/mol. The third-order valence-corrected chi connectivity index (χ3v) is 3.21. The van der Waals surface area contributed by atoms with E-state index >= 15 is 0 Å². The lowest BCUT2D eigenvalue weighted by Gasteiger charge is -2.08. The zero-order chi connectivity index (χ0) is 21.3. The highest BCUT2D eigenvalue weighted by Crippen LogP contribution is 1.86. The fourth-order valence-electron chi connectivity index (χ4n) is 1.75. The molecule has 0 radical (unpaired) electrons. The number of aliphatic carboxylic acids is 1. The SMILES string of the molecule is O=C(O)COCCOCCOCCOCCOCCOCCOCCOCCCl. The molecule has 11 heteroatoms. The van der Waals surface area contributed by atoms with Crippen molar-refractivity contribution in [2.75, 3.05) is 112 Å². The summed E-state index contributed by atoms with van der Waals surface area (Å²) in [5.74, 6) is -0.498. The molecule has 0 aliphatic heterocycles. The number of ether oxygens (including phenoxy) is 8. The highest BCUT2D eigenvalue weighted by molar-refractivity contribution is 6.17. The predicted molar refractivity (Wildman–Crippen MR) is 105 cm³/mol. The van der Waals surface area contributed by atoms with Crippen LogP contribution in [0.4, 0.5) is 0 Å². The van der Waals surface area contributed by atoms with Crippen molar-refractivity contribution in [1.29, 1.82) is 0 Å². The Bertz CT molecular complexity index is 336. The minimum atomic E-state index is -0.992. The lowest BCUT2D eigenvalue weighted by atomic mass is 10.6. The molecule has 0 atom stereocenters. The van der Waals surface area contributed by atoms with E-state index in [1.807, 2.05) is 0 Å². The van der Waals surface area contributed by atoms with Crippen molar-refractivity contribution in [2.24, 2.45) is 0 Å². The van der Waals surface area contributed by atoms with Crippen LogP contribution in [0.15, 0.2) is 0 Å². The van der Waals surface area contributed by atoms with Gasteiger partial charge in [-0.3, -0.25) is 0 Å². The van der Waals surface area contributed by atoms with Crippen LogP contribution in [0.2, 0.25) is 0 Å². The number of rotatable bonds is 25. The summed E-state index contributed by atoms with van der Waals surface area (Å²) < 4.78 is 42.0. The molecule has 29 heavy (non-hydrogen) atoms. The topological polar surface area (TPSA) is 111 Å². The van der Waals surface area contributed by atoms with Crippen LogP contribution < -0.4 is 0 Å². The van der Waals surface area contributed by atoms with Crippen molar-refractivity contribution in [3.63, 3.8) is 0 Å². The van der Waals surface area contributed by atoms with Gasteiger partial charge in [-0.25, -0.2) is 4.79 Å². The van der Waals surface area contributed by atoms with Gasteiger partial charge in [0.15, 0.2) is 0 Å². The summed E-state index contributed by atoms with van der Waals surface area (Å²) in [6.07, 6.45) is 0. The number of hydrogen-bond acceptors (Lipinski definition) is 9. The second-order valence-corrected chi connectivity index (χ2v) is 5.80. The number of carboxylic acid groups (broad SMARTS) is 1. The molecule has 0 aliphatic carbocycles. The first kappa shape index (κ1) is 28.4. The number of carbonyl (C=O) groups is 1. The first-order valence-electron chi connectivity index (χ1n) is 9.67. The standard InChI is InChI=1S/C18H35ClO10/c19-1-2-22-3-4-23-5-6-24-7-8-25-9-10-26-11-12-27-13-14-28-15-16-29-17-18(20)21/h1-17H2,(H,20,21). The second-order valence-electron chi connectivity index (χ2n) is 5.42. The molecule has 0 amide bonds. The van der Waals surface area contributed by atoms with Gasteiger partial charge in [-0.15, -0.1) is 11.6 Å². The molecule has 0 saturated heterocycles. The Kier molecular flexibility index (Phi) is 25.0. The molecule has 0 aromatic carbocycles. The molecule has 10 nitrogen and oxygen atoms in total. The van der Waals surface area contributed by atoms with Crippen LogP contribution in [-0.2, 0) is 42.7 Å². The van der Waals surface area contributed by atoms with Gasteiger partial charge in [-0.2, -0.15) is 0 Å². The Balaban J connectivity index is 2.99. The van der Waals surface area contributed by atoms with Gasteiger partial charge in [0.1, 0.15) is 6.61 Å². The predicted octanol–water partition coefficient (Wildman–Crippen LogP) is 0.443. The average Bonchev–Trinajstić information content (AvgIpc) is 2.71. The van der Waals surface area contributed by atoms with Crippen LogP contribution in [0, 0.1) is 0 Å². The van der Waals surface area contributed by atoms with Crippen LogP contribution in [0.3, 0.4) is 0 Å². The van der Waals surface area contributed by atoms with Gasteiger partial charge in [0.05, 0.1) is 99.1 Å². The van der Waals surface area contributed by atoms with Gasteiger partial charge in [-0.05, 0) is 0 Å². The smallest absolute Gasteiger partial charge is 0.329 e. The van der Waals surface area contributed by atoms with Gasteiger partial charge in [0.2, 0.25) is 0 Å². The Morgan fingerprint density at radius 3 is 0.966 bits per heavy atom. The third-order valence-electron chi connectivity index (χ3n) is 3.05. The number of alkyl halides is 1. The van der Waals surface area contributed by atoms with Gasteiger partial charge in [-0.1, -0.05) is 0 Å². The van der Waals surface area contributed by atoms with Crippen molar-refractivity contribution in [2.45, 2.75) is 0 Å². The number of carboxylic acids is 1. The van der Waals surface area contributed by atoms with E-state index in [2.05, 4.69) is 0 Å². The first-order valence-corrected chi connectivity index (χ1v) is 10.2. The molecular formula is C18H35ClO10. The molecule has 0 rings (SSSR count). The quantitative estimate of drug-likeness (QED) is 0.157. The highest BCUT2D eigenvalue weighted by Gasteiger charge is 1.96. The van der Waals surface area contributed by atoms with Crippen molar-refractivity contribution in [1.82, 2.24) is 0 Å². The molecule has 174 valence electrons. The summed E-state index contributed by atoms with van der Waals surface area (Å²) in [5, 5.41) is 8.37. The maximum Gasteiger partial charge on any atom is 0.329 e. The Morgan fingerprint density at radius 1 is 0.483 bits per heavy atom. The van der Waals surface area contributed by atoms with E-state index in [0.717, 1.165) is 0 Å². The van der Waals surface area contributed by atoms with E-state index in [0.29, 0.717) is 98.4 Å². The lowest BCUT2D eigenvalue weighted by molar-refractivity contribution is -0.142. The van der Waals surface area contributed by atoms with E-state index in [4.69, 9.17) is 54.6 Å². The molecule has 0 aromatic heterocycles. The fourth-order valence-corrected chi connectivity index (χ4v) is 1.86. The van der Waals surface area contributed by atoms with Crippen LogP contribution in [0.1, 0.15) is 0 Å². The minimum Gasteiger partial charge on any atom is -0.480 e. The first-order chi connectivity index (χ1) is 14.3. The summed E-state index contributed by atoms with van der Waals surface area (Å²) in [7, 11) is 0. The lowest BCUT2D eigenvalue weighted by Crippen LogP contribution is -2.15. The van der Waals surface area contributed by atoms with E-state index in [1.165, 1.54) is 0 Å². The summed E-state index contributed by atoms with van der Waals surface area (Å²) in [5.41, 5.74) is 0. The van der Waals surface area contributed by atoms with Crippen LogP contribution in [-0.4, -0.2) is 123 Å². The molecule has 0 heterocycles. The summed E-state index contributed by atoms with van der Waals surface area (Å²) >= 11 is 5.48. The average molecular weight is 447 g/mol. The number of hydrogen-bond donors (Lipinski definition) is 1. The van der Waals surface area contributed by atoms with E-state index < -0.39 is 5.97 Å². The van der Waals surface area contributed by atoms with Crippen molar-refractivity contribution in [3.8, 4) is 0 Å². The monoisotopic (exact) mass is 446 g/mol. The van der Waals surface area contributed by atoms with Crippen molar-refractivity contribution < 1.29 is 47.8 Å². The van der Waals surface area contributed by atoms with E-state index in [-0.39, 0.29) is 13.2 Å². The number of halogens is 1. The molecule has 0 bridgehead atoms. The normalized spacial score (nSPS) is 11.2. The Morgan fingerprint density at radius 2 is 0.724 bits per heavy atom. The molecule has 0 fully saturated rings. The van der Waals surface area contributed by atoms with Gasteiger partial charge in [0.25, 0.3) is 0 Å². The Labute approximate surface area is 177 Å². The maximum absolute atomic E-state index is 10.2. The summed E-state index contributed by atoms with van der Waals surface area (Å²) in [6.45, 7) is 6.77. The Hall–Kier alpha value is -0.560. The van der Waals surface area contributed by atoms with Gasteiger partial charge < -0.3 is 43.0 Å². The summed E-state index contributed by atoms with van der Waals surface area (Å²) in [6, 6.07) is 0. The van der Waals surface area contributed by atoms with Crippen molar-refractivity contribution in [3.05, 3.63) is 0 Å².